The molecule has 0 amide bonds. The van der Waals surface area contributed by atoms with E-state index in [9.17, 15) is 0 Å². The minimum Gasteiger partial charge on any atom is -0.376 e. The average Bonchev–Trinajstić information content (AvgIpc) is 2.86. The Bertz CT molecular complexity index is 585. The van der Waals surface area contributed by atoms with Gasteiger partial charge in [-0.1, -0.05) is 42.5 Å². The van der Waals surface area contributed by atoms with Crippen LogP contribution in [0.25, 0.3) is 0 Å². The fourth-order valence-electron chi connectivity index (χ4n) is 4.01. The van der Waals surface area contributed by atoms with E-state index in [-0.39, 0.29) is 29.6 Å². The van der Waals surface area contributed by atoms with Crippen LogP contribution in [0.4, 0.5) is 0 Å². The van der Waals surface area contributed by atoms with E-state index < -0.39 is 5.79 Å². The minimum atomic E-state index is -0.562. The zero-order valence-electron chi connectivity index (χ0n) is 13.1. The third-order valence-electron chi connectivity index (χ3n) is 5.10. The lowest BCUT2D eigenvalue weighted by atomic mass is 9.74. The van der Waals surface area contributed by atoms with Gasteiger partial charge in [-0.2, -0.15) is 0 Å². The molecule has 5 atom stereocenters. The van der Waals surface area contributed by atoms with Crippen molar-refractivity contribution in [2.75, 3.05) is 6.61 Å². The van der Waals surface area contributed by atoms with E-state index in [0.29, 0.717) is 13.2 Å². The number of fused-ring (bicyclic) bond motifs is 3. The SMILES string of the molecule is CC1(C)O[C@@H]2[C@@H](COCc3ccccc3)[C@@H]3C=C[C@]3(N)[C@@H]2O1. The van der Waals surface area contributed by atoms with Crippen LogP contribution < -0.4 is 5.73 Å². The predicted octanol–water partition coefficient (Wildman–Crippen LogP) is 2.24. The van der Waals surface area contributed by atoms with Crippen molar-refractivity contribution in [2.24, 2.45) is 17.6 Å². The summed E-state index contributed by atoms with van der Waals surface area (Å²) < 4.78 is 18.1. The molecule has 1 saturated carbocycles. The second-order valence-electron chi connectivity index (χ2n) is 7.07. The van der Waals surface area contributed by atoms with Crippen LogP contribution in [0.3, 0.4) is 0 Å². The summed E-state index contributed by atoms with van der Waals surface area (Å²) in [5, 5.41) is 0. The molecular weight excluding hydrogens is 278 g/mol. The van der Waals surface area contributed by atoms with Crippen molar-refractivity contribution >= 4 is 0 Å². The molecule has 0 aromatic heterocycles. The van der Waals surface area contributed by atoms with Crippen LogP contribution >= 0.6 is 0 Å². The molecule has 2 aliphatic carbocycles. The fourth-order valence-corrected chi connectivity index (χ4v) is 4.01. The minimum absolute atomic E-state index is 0.00998. The molecular formula is C18H23NO3. The van der Waals surface area contributed by atoms with Gasteiger partial charge < -0.3 is 19.9 Å². The van der Waals surface area contributed by atoms with E-state index in [4.69, 9.17) is 19.9 Å². The molecule has 2 fully saturated rings. The van der Waals surface area contributed by atoms with Crippen LogP contribution in [0, 0.1) is 11.8 Å². The lowest BCUT2D eigenvalue weighted by molar-refractivity contribution is -0.169. The molecule has 118 valence electrons. The highest BCUT2D eigenvalue weighted by molar-refractivity contribution is 5.35. The smallest absolute Gasteiger partial charge is 0.163 e. The zero-order valence-corrected chi connectivity index (χ0v) is 13.1. The molecule has 4 rings (SSSR count). The van der Waals surface area contributed by atoms with Crippen molar-refractivity contribution in [2.45, 2.75) is 44.0 Å². The molecule has 1 aliphatic heterocycles. The lowest BCUT2D eigenvalue weighted by Gasteiger charge is -2.40. The summed E-state index contributed by atoms with van der Waals surface area (Å²) >= 11 is 0. The molecule has 0 bridgehead atoms. The molecule has 0 radical (unpaired) electrons. The molecule has 0 unspecified atom stereocenters. The first-order valence-electron chi connectivity index (χ1n) is 7.95. The van der Waals surface area contributed by atoms with Gasteiger partial charge >= 0.3 is 0 Å². The fraction of sp³-hybridized carbons (Fsp3) is 0.556. The summed E-state index contributed by atoms with van der Waals surface area (Å²) in [5.41, 5.74) is 7.33. The Morgan fingerprint density at radius 2 is 1.95 bits per heavy atom. The van der Waals surface area contributed by atoms with Crippen LogP contribution in [0.15, 0.2) is 42.5 Å². The van der Waals surface area contributed by atoms with Crippen molar-refractivity contribution in [3.63, 3.8) is 0 Å². The highest BCUT2D eigenvalue weighted by Gasteiger charge is 2.66. The maximum Gasteiger partial charge on any atom is 0.163 e. The van der Waals surface area contributed by atoms with Gasteiger partial charge in [-0.25, -0.2) is 0 Å². The Balaban J connectivity index is 1.44. The van der Waals surface area contributed by atoms with E-state index in [2.05, 4.69) is 24.3 Å². The summed E-state index contributed by atoms with van der Waals surface area (Å²) in [6.45, 7) is 5.17. The first-order chi connectivity index (χ1) is 10.5. The van der Waals surface area contributed by atoms with Gasteiger partial charge in [-0.05, 0) is 19.4 Å². The monoisotopic (exact) mass is 301 g/mol. The molecule has 1 aromatic rings. The van der Waals surface area contributed by atoms with E-state index in [1.165, 1.54) is 5.56 Å². The van der Waals surface area contributed by atoms with Gasteiger partial charge in [-0.15, -0.1) is 0 Å². The topological polar surface area (TPSA) is 53.7 Å². The van der Waals surface area contributed by atoms with Gasteiger partial charge in [0.05, 0.1) is 24.9 Å². The van der Waals surface area contributed by atoms with Gasteiger partial charge in [0.15, 0.2) is 5.79 Å². The van der Waals surface area contributed by atoms with E-state index in [1.54, 1.807) is 0 Å². The highest BCUT2D eigenvalue weighted by Crippen LogP contribution is 2.54. The van der Waals surface area contributed by atoms with Crippen LogP contribution in [-0.2, 0) is 20.8 Å². The summed E-state index contributed by atoms with van der Waals surface area (Å²) in [7, 11) is 0. The molecule has 4 nitrogen and oxygen atoms in total. The molecule has 2 N–H and O–H groups in total. The van der Waals surface area contributed by atoms with Crippen molar-refractivity contribution < 1.29 is 14.2 Å². The summed E-state index contributed by atoms with van der Waals surface area (Å²) in [6, 6.07) is 10.2. The van der Waals surface area contributed by atoms with Crippen LogP contribution in [0.2, 0.25) is 0 Å². The Labute approximate surface area is 131 Å². The maximum atomic E-state index is 6.54. The maximum absolute atomic E-state index is 6.54. The Morgan fingerprint density at radius 3 is 2.64 bits per heavy atom. The lowest BCUT2D eigenvalue weighted by Crippen LogP contribution is -2.56. The number of hydrogen-bond donors (Lipinski definition) is 1. The molecule has 1 heterocycles. The Morgan fingerprint density at radius 1 is 1.18 bits per heavy atom. The van der Waals surface area contributed by atoms with Gasteiger partial charge in [0.25, 0.3) is 0 Å². The van der Waals surface area contributed by atoms with E-state index >= 15 is 0 Å². The van der Waals surface area contributed by atoms with Crippen molar-refractivity contribution in [3.8, 4) is 0 Å². The van der Waals surface area contributed by atoms with Crippen molar-refractivity contribution in [1.82, 2.24) is 0 Å². The van der Waals surface area contributed by atoms with Gasteiger partial charge in [0.1, 0.15) is 6.10 Å². The van der Waals surface area contributed by atoms with Gasteiger partial charge in [0.2, 0.25) is 0 Å². The first-order valence-corrected chi connectivity index (χ1v) is 7.95. The Hall–Kier alpha value is -1.20. The molecule has 1 aromatic carbocycles. The number of benzene rings is 1. The molecule has 3 aliphatic rings. The first kappa shape index (κ1) is 14.4. The standard InChI is InChI=1S/C18H23NO3/c1-17(2)21-15-13(11-20-10-12-6-4-3-5-7-12)14-8-9-18(14,19)16(15)22-17/h3-9,13-16H,10-11,19H2,1-2H3/t13-,14-,15+,16+,18+/m0/s1. The van der Waals surface area contributed by atoms with Crippen LogP contribution in [-0.4, -0.2) is 30.1 Å². The van der Waals surface area contributed by atoms with Gasteiger partial charge in [0, 0.05) is 11.8 Å². The normalized spacial score (nSPS) is 41.0. The predicted molar refractivity (Wildman–Crippen MR) is 83.0 cm³/mol. The number of nitrogens with two attached hydrogens (primary N) is 1. The quantitative estimate of drug-likeness (QED) is 0.867. The number of hydrogen-bond acceptors (Lipinski definition) is 4. The third kappa shape index (κ3) is 2.14. The molecule has 22 heavy (non-hydrogen) atoms. The van der Waals surface area contributed by atoms with E-state index in [0.717, 1.165) is 0 Å². The second kappa shape index (κ2) is 4.90. The molecule has 1 saturated heterocycles. The largest absolute Gasteiger partial charge is 0.376 e. The summed E-state index contributed by atoms with van der Waals surface area (Å²) in [4.78, 5) is 0. The highest BCUT2D eigenvalue weighted by atomic mass is 16.8. The number of rotatable bonds is 4. The molecule has 0 spiro atoms. The van der Waals surface area contributed by atoms with E-state index in [1.807, 2.05) is 32.0 Å². The molecule has 4 heteroatoms. The zero-order chi connectivity index (χ0) is 15.4. The van der Waals surface area contributed by atoms with Crippen molar-refractivity contribution in [1.29, 1.82) is 0 Å². The number of ether oxygens (including phenoxy) is 3. The average molecular weight is 301 g/mol. The third-order valence-corrected chi connectivity index (χ3v) is 5.10. The van der Waals surface area contributed by atoms with Crippen molar-refractivity contribution in [3.05, 3.63) is 48.0 Å². The second-order valence-corrected chi connectivity index (χ2v) is 7.07. The summed E-state index contributed by atoms with van der Waals surface area (Å²) in [5.74, 6) is -0.0202. The van der Waals surface area contributed by atoms with Crippen LogP contribution in [0.5, 0.6) is 0 Å². The Kier molecular flexibility index (Phi) is 3.20. The van der Waals surface area contributed by atoms with Crippen LogP contribution in [0.1, 0.15) is 19.4 Å². The van der Waals surface area contributed by atoms with Gasteiger partial charge in [-0.3, -0.25) is 0 Å². The summed E-state index contributed by atoms with van der Waals surface area (Å²) in [6.07, 6.45) is 4.19.